The van der Waals surface area contributed by atoms with Crippen LogP contribution in [0.2, 0.25) is 0 Å². The normalized spacial score (nSPS) is 40.5. The molecule has 54 heavy (non-hydrogen) atoms. The van der Waals surface area contributed by atoms with Gasteiger partial charge in [-0.25, -0.2) is 9.67 Å². The standard InChI is InChI=1S/C46H68N4O4/c1-28(2)31(6)42(8)21-22-43(9)33-17-18-36-41(7)23-35(50-39(48-27-49-50)30(5)32-15-13-12-14-16-32)38(54-25-45(11,47)29(3)4)46(36,26-53-24-41)34(33)19-20-44(43,10)37(42)40(51)52/h12-16,19,27-29,31,33,35-38H,5,17-18,20-26,47H2,1-4,6-11H3,(H,51,52)/t31-,33+,35-,36-,37-,38+,41-,42-,43-,44+,45+,46+/m1/s1. The highest BCUT2D eigenvalue weighted by atomic mass is 16.5. The number of hydrogen-bond donors (Lipinski definition) is 2. The molecule has 4 fully saturated rings. The smallest absolute Gasteiger partial charge is 0.307 e. The van der Waals surface area contributed by atoms with Crippen LogP contribution in [0.1, 0.15) is 125 Å². The molecule has 1 aliphatic heterocycles. The molecule has 8 nitrogen and oxygen atoms in total. The van der Waals surface area contributed by atoms with Crippen LogP contribution in [0.25, 0.3) is 5.57 Å². The number of ether oxygens (including phenoxy) is 2. The second-order valence-electron chi connectivity index (χ2n) is 20.4. The minimum Gasteiger partial charge on any atom is -0.481 e. The number of allylic oxidation sites excluding steroid dienone is 1. The Kier molecular flexibility index (Phi) is 9.79. The molecular formula is C46H68N4O4. The van der Waals surface area contributed by atoms with E-state index in [1.165, 1.54) is 5.57 Å². The number of carboxylic acids is 1. The van der Waals surface area contributed by atoms with Crippen molar-refractivity contribution in [1.29, 1.82) is 0 Å². The van der Waals surface area contributed by atoms with Crippen LogP contribution in [-0.2, 0) is 14.3 Å². The summed E-state index contributed by atoms with van der Waals surface area (Å²) in [5.74, 6) is 1.14. The first-order chi connectivity index (χ1) is 25.3. The Hall–Kier alpha value is -2.81. The number of carboxylic acid groups (broad SMARTS) is 1. The monoisotopic (exact) mass is 741 g/mol. The first kappa shape index (κ1) is 39.4. The molecule has 0 amide bonds. The number of carbonyl (C=O) groups is 1. The average molecular weight is 741 g/mol. The van der Waals surface area contributed by atoms with Gasteiger partial charge in [0.25, 0.3) is 0 Å². The zero-order chi connectivity index (χ0) is 39.2. The number of rotatable bonds is 10. The number of nitrogens with two attached hydrogens (primary N) is 1. The van der Waals surface area contributed by atoms with Gasteiger partial charge in [0.15, 0.2) is 5.82 Å². The van der Waals surface area contributed by atoms with Gasteiger partial charge in [0.1, 0.15) is 6.33 Å². The summed E-state index contributed by atoms with van der Waals surface area (Å²) in [6.45, 7) is 28.9. The molecule has 4 aliphatic carbocycles. The van der Waals surface area contributed by atoms with E-state index < -0.39 is 28.3 Å². The fraction of sp³-hybridized carbons (Fsp3) is 0.717. The molecule has 0 radical (unpaired) electrons. The second-order valence-corrected chi connectivity index (χ2v) is 20.4. The summed E-state index contributed by atoms with van der Waals surface area (Å²) in [5.41, 5.74) is 8.30. The molecular weight excluding hydrogens is 673 g/mol. The highest BCUT2D eigenvalue weighted by Crippen LogP contribution is 2.75. The minimum atomic E-state index is -0.636. The molecule has 5 aliphatic rings. The van der Waals surface area contributed by atoms with E-state index in [1.807, 2.05) is 18.2 Å². The van der Waals surface area contributed by atoms with Crippen molar-refractivity contribution in [2.45, 2.75) is 125 Å². The lowest BCUT2D eigenvalue weighted by Gasteiger charge is -2.71. The number of benzene rings is 1. The van der Waals surface area contributed by atoms with Crippen LogP contribution in [0.5, 0.6) is 0 Å². The van der Waals surface area contributed by atoms with Gasteiger partial charge < -0.3 is 20.3 Å². The number of nitrogens with zero attached hydrogens (tertiary/aromatic N) is 3. The van der Waals surface area contributed by atoms with Crippen molar-refractivity contribution in [3.05, 3.63) is 66.3 Å². The molecule has 296 valence electrons. The van der Waals surface area contributed by atoms with Crippen molar-refractivity contribution in [3.63, 3.8) is 0 Å². The SMILES string of the molecule is C=C(c1ccccc1)c1ncnn1[C@@H]1C[C@]2(C)COC[C@@]3(C4=CC[C@@]5(C)[C@H](C(=O)O)[C@@](C)([C@H](C)C(C)C)CC[C@]5(C)[C@H]4CC[C@H]23)[C@H]1OC[C@](C)(N)C(C)C. The highest BCUT2D eigenvalue weighted by Gasteiger charge is 2.72. The Morgan fingerprint density at radius 2 is 1.78 bits per heavy atom. The van der Waals surface area contributed by atoms with Crippen molar-refractivity contribution in [1.82, 2.24) is 14.8 Å². The third kappa shape index (κ3) is 5.57. The van der Waals surface area contributed by atoms with Crippen LogP contribution >= 0.6 is 0 Å². The molecule has 3 N–H and O–H groups in total. The van der Waals surface area contributed by atoms with E-state index in [9.17, 15) is 9.90 Å². The molecule has 1 aromatic heterocycles. The number of hydrogen-bond acceptors (Lipinski definition) is 6. The van der Waals surface area contributed by atoms with Gasteiger partial charge in [0.05, 0.1) is 37.9 Å². The topological polar surface area (TPSA) is 112 Å². The summed E-state index contributed by atoms with van der Waals surface area (Å²) in [6, 6.07) is 10.1. The van der Waals surface area contributed by atoms with E-state index in [-0.39, 0.29) is 46.1 Å². The molecule has 12 atom stereocenters. The molecule has 1 saturated heterocycles. The molecule has 1 aromatic carbocycles. The van der Waals surface area contributed by atoms with Crippen molar-refractivity contribution in [2.75, 3.05) is 19.8 Å². The summed E-state index contributed by atoms with van der Waals surface area (Å²) in [5, 5.41) is 16.2. The van der Waals surface area contributed by atoms with Crippen LogP contribution < -0.4 is 5.73 Å². The Labute approximate surface area is 324 Å². The summed E-state index contributed by atoms with van der Waals surface area (Å²) in [6.07, 6.45) is 9.49. The van der Waals surface area contributed by atoms with Gasteiger partial charge >= 0.3 is 5.97 Å². The lowest BCUT2D eigenvalue weighted by Crippen LogP contribution is -2.70. The van der Waals surface area contributed by atoms with Crippen LogP contribution in [-0.4, -0.2) is 57.3 Å². The van der Waals surface area contributed by atoms with E-state index in [4.69, 9.17) is 25.3 Å². The minimum absolute atomic E-state index is 0.126. The fourth-order valence-electron chi connectivity index (χ4n) is 13.0. The van der Waals surface area contributed by atoms with Crippen molar-refractivity contribution in [3.8, 4) is 0 Å². The van der Waals surface area contributed by atoms with E-state index in [1.54, 1.807) is 6.33 Å². The number of aromatic nitrogens is 3. The number of fused-ring (bicyclic) bond motifs is 3. The van der Waals surface area contributed by atoms with Crippen LogP contribution in [0, 0.1) is 62.6 Å². The van der Waals surface area contributed by atoms with E-state index in [2.05, 4.69) is 98.7 Å². The molecule has 0 unspecified atom stereocenters. The summed E-state index contributed by atoms with van der Waals surface area (Å²) in [7, 11) is 0. The average Bonchev–Trinajstić information content (AvgIpc) is 3.61. The van der Waals surface area contributed by atoms with Gasteiger partial charge in [-0.3, -0.25) is 4.79 Å². The van der Waals surface area contributed by atoms with Gasteiger partial charge in [-0.2, -0.15) is 5.10 Å². The molecule has 8 heteroatoms. The van der Waals surface area contributed by atoms with Crippen molar-refractivity contribution >= 4 is 11.5 Å². The van der Waals surface area contributed by atoms with Crippen LogP contribution in [0.4, 0.5) is 0 Å². The van der Waals surface area contributed by atoms with Gasteiger partial charge in [0, 0.05) is 16.5 Å². The van der Waals surface area contributed by atoms with E-state index in [0.29, 0.717) is 31.7 Å². The Bertz CT molecular complexity index is 1780. The number of aliphatic carboxylic acids is 1. The van der Waals surface area contributed by atoms with Gasteiger partial charge in [-0.1, -0.05) is 111 Å². The predicted octanol–water partition coefficient (Wildman–Crippen LogP) is 9.23. The summed E-state index contributed by atoms with van der Waals surface area (Å²) in [4.78, 5) is 18.5. The lowest BCUT2D eigenvalue weighted by molar-refractivity contribution is -0.254. The molecule has 3 saturated carbocycles. The van der Waals surface area contributed by atoms with Crippen molar-refractivity contribution < 1.29 is 19.4 Å². The molecule has 2 heterocycles. The summed E-state index contributed by atoms with van der Waals surface area (Å²) >= 11 is 0. The Morgan fingerprint density at radius 3 is 2.43 bits per heavy atom. The third-order valence-electron chi connectivity index (χ3n) is 17.2. The maximum absolute atomic E-state index is 13.7. The quantitative estimate of drug-likeness (QED) is 0.234. The fourth-order valence-corrected chi connectivity index (χ4v) is 13.0. The molecule has 2 bridgehead atoms. The maximum atomic E-state index is 13.7. The van der Waals surface area contributed by atoms with Gasteiger partial charge in [-0.05, 0) is 102 Å². The second kappa shape index (κ2) is 13.4. The predicted molar refractivity (Wildman–Crippen MR) is 214 cm³/mol. The largest absolute Gasteiger partial charge is 0.481 e. The highest BCUT2D eigenvalue weighted by molar-refractivity contribution is 5.74. The lowest BCUT2D eigenvalue weighted by atomic mass is 9.34. The molecule has 7 rings (SSSR count). The van der Waals surface area contributed by atoms with Gasteiger partial charge in [0.2, 0.25) is 0 Å². The first-order valence-electron chi connectivity index (χ1n) is 20.8. The van der Waals surface area contributed by atoms with Gasteiger partial charge in [-0.15, -0.1) is 0 Å². The van der Waals surface area contributed by atoms with Crippen LogP contribution in [0.3, 0.4) is 0 Å². The molecule has 2 aromatic rings. The van der Waals surface area contributed by atoms with E-state index in [0.717, 1.165) is 55.5 Å². The zero-order valence-electron chi connectivity index (χ0n) is 34.8. The first-order valence-corrected chi connectivity index (χ1v) is 20.8. The Balaban J connectivity index is 1.39. The molecule has 0 spiro atoms. The maximum Gasteiger partial charge on any atom is 0.307 e. The third-order valence-corrected chi connectivity index (χ3v) is 17.2. The van der Waals surface area contributed by atoms with Crippen LogP contribution in [0.15, 0.2) is 54.9 Å². The Morgan fingerprint density at radius 1 is 1.07 bits per heavy atom. The van der Waals surface area contributed by atoms with E-state index >= 15 is 0 Å². The summed E-state index contributed by atoms with van der Waals surface area (Å²) < 4.78 is 16.3. The van der Waals surface area contributed by atoms with Crippen molar-refractivity contribution in [2.24, 2.45) is 68.3 Å². The zero-order valence-corrected chi connectivity index (χ0v) is 34.8.